The van der Waals surface area contributed by atoms with Gasteiger partial charge in [0.05, 0.1) is 16.8 Å². The monoisotopic (exact) mass is 469 g/mol. The van der Waals surface area contributed by atoms with Gasteiger partial charge in [-0.15, -0.1) is 0 Å². The Balaban J connectivity index is 1.70. The quantitative estimate of drug-likeness (QED) is 0.543. The lowest BCUT2D eigenvalue weighted by molar-refractivity contribution is -0.108. The van der Waals surface area contributed by atoms with Crippen LogP contribution in [0, 0.1) is 0 Å². The van der Waals surface area contributed by atoms with Crippen molar-refractivity contribution in [1.29, 1.82) is 0 Å². The van der Waals surface area contributed by atoms with E-state index in [2.05, 4.69) is 4.98 Å². The summed E-state index contributed by atoms with van der Waals surface area (Å²) >= 11 is 12.5. The molecule has 1 atom stereocenters. The Morgan fingerprint density at radius 3 is 2.50 bits per heavy atom. The van der Waals surface area contributed by atoms with Gasteiger partial charge in [-0.1, -0.05) is 29.3 Å². The van der Waals surface area contributed by atoms with Gasteiger partial charge in [0.15, 0.2) is 17.3 Å². The van der Waals surface area contributed by atoms with Gasteiger partial charge in [-0.3, -0.25) is 23.9 Å². The minimum absolute atomic E-state index is 0.0460. The first-order valence-corrected chi connectivity index (χ1v) is 10.1. The van der Waals surface area contributed by atoms with E-state index in [9.17, 15) is 14.4 Å². The molecule has 1 unspecified atom stereocenters. The first-order valence-electron chi connectivity index (χ1n) is 9.39. The van der Waals surface area contributed by atoms with Crippen molar-refractivity contribution in [3.05, 3.63) is 80.9 Å². The lowest BCUT2D eigenvalue weighted by atomic mass is 9.92. The van der Waals surface area contributed by atoms with Gasteiger partial charge in [0.1, 0.15) is 18.2 Å². The zero-order chi connectivity index (χ0) is 22.4. The third-order valence-electron chi connectivity index (χ3n) is 5.30. The molecule has 1 aromatic heterocycles. The second-order valence-corrected chi connectivity index (χ2v) is 7.82. The molecule has 160 valence electrons. The van der Waals surface area contributed by atoms with Crippen LogP contribution >= 0.6 is 23.2 Å². The Hall–Kier alpha value is -3.62. The molecule has 2 aliphatic rings. The van der Waals surface area contributed by atoms with Crippen LogP contribution in [0.1, 0.15) is 17.2 Å². The molecule has 0 saturated carbocycles. The SMILES string of the molecule is O=CC1=C(Cl)c2c(ncn(-c3ccc(Cl)cc3)c2=O)N(C=O)C1c1ccc2c(c1)OCO2. The molecule has 5 rings (SSSR count). The molecular formula is C22H13Cl2N3O5. The highest BCUT2D eigenvalue weighted by Gasteiger charge is 2.37. The normalized spacial score (nSPS) is 16.7. The number of amides is 1. The summed E-state index contributed by atoms with van der Waals surface area (Å²) in [5, 5.41) is 0.434. The lowest BCUT2D eigenvalue weighted by Crippen LogP contribution is -2.37. The molecule has 32 heavy (non-hydrogen) atoms. The van der Waals surface area contributed by atoms with Crippen molar-refractivity contribution in [3.8, 4) is 17.2 Å². The molecule has 0 fully saturated rings. The zero-order valence-electron chi connectivity index (χ0n) is 16.2. The summed E-state index contributed by atoms with van der Waals surface area (Å²) < 4.78 is 12.0. The molecule has 3 aromatic rings. The molecule has 10 heteroatoms. The summed E-state index contributed by atoms with van der Waals surface area (Å²) in [6.07, 6.45) is 2.35. The van der Waals surface area contributed by atoms with E-state index in [0.717, 1.165) is 0 Å². The number of aldehydes is 1. The van der Waals surface area contributed by atoms with Gasteiger partial charge in [-0.2, -0.15) is 0 Å². The fourth-order valence-electron chi connectivity index (χ4n) is 3.81. The Labute approximate surface area is 191 Å². The Bertz CT molecular complexity index is 1350. The Morgan fingerprint density at radius 2 is 1.78 bits per heavy atom. The summed E-state index contributed by atoms with van der Waals surface area (Å²) in [6, 6.07) is 10.7. The largest absolute Gasteiger partial charge is 0.454 e. The predicted molar refractivity (Wildman–Crippen MR) is 118 cm³/mol. The number of rotatable bonds is 4. The maximum atomic E-state index is 13.3. The van der Waals surface area contributed by atoms with E-state index in [1.165, 1.54) is 15.8 Å². The predicted octanol–water partition coefficient (Wildman–Crippen LogP) is 3.48. The summed E-state index contributed by atoms with van der Waals surface area (Å²) in [6.45, 7) is 0.0760. The van der Waals surface area contributed by atoms with Gasteiger partial charge >= 0.3 is 0 Å². The van der Waals surface area contributed by atoms with E-state index < -0.39 is 11.6 Å². The van der Waals surface area contributed by atoms with Crippen LogP contribution in [0.25, 0.3) is 10.7 Å². The molecule has 2 aromatic carbocycles. The number of hydrogen-bond donors (Lipinski definition) is 0. The first kappa shape index (κ1) is 20.3. The molecular weight excluding hydrogens is 457 g/mol. The first-order chi connectivity index (χ1) is 15.5. The van der Waals surface area contributed by atoms with Crippen LogP contribution in [-0.2, 0) is 9.59 Å². The third kappa shape index (κ3) is 3.07. The van der Waals surface area contributed by atoms with Crippen LogP contribution in [0.3, 0.4) is 0 Å². The van der Waals surface area contributed by atoms with Crippen LogP contribution in [0.4, 0.5) is 5.82 Å². The van der Waals surface area contributed by atoms with E-state index in [-0.39, 0.29) is 28.8 Å². The van der Waals surface area contributed by atoms with Gasteiger partial charge in [0, 0.05) is 10.6 Å². The number of ether oxygens (including phenoxy) is 2. The van der Waals surface area contributed by atoms with Gasteiger partial charge in [-0.05, 0) is 42.0 Å². The molecule has 0 N–H and O–H groups in total. The van der Waals surface area contributed by atoms with Crippen LogP contribution < -0.4 is 19.9 Å². The maximum absolute atomic E-state index is 13.3. The minimum atomic E-state index is -0.891. The average Bonchev–Trinajstić information content (AvgIpc) is 3.27. The van der Waals surface area contributed by atoms with Crippen LogP contribution in [0.5, 0.6) is 11.5 Å². The molecule has 0 bridgehead atoms. The number of fused-ring (bicyclic) bond motifs is 2. The van der Waals surface area contributed by atoms with Gasteiger partial charge in [0.2, 0.25) is 13.2 Å². The standard InChI is InChI=1S/C22H13Cl2N3O5/c23-13-2-4-14(5-3-13)26-9-25-21-18(22(26)30)19(24)15(8-28)20(27(21)10-29)12-1-6-16-17(7-12)32-11-31-16/h1-10,20H,11H2. The van der Waals surface area contributed by atoms with Crippen molar-refractivity contribution in [2.45, 2.75) is 6.04 Å². The van der Waals surface area contributed by atoms with Crippen LogP contribution in [-0.4, -0.2) is 29.0 Å². The minimum Gasteiger partial charge on any atom is -0.454 e. The fourth-order valence-corrected chi connectivity index (χ4v) is 4.24. The van der Waals surface area contributed by atoms with E-state index in [1.54, 1.807) is 42.5 Å². The highest BCUT2D eigenvalue weighted by molar-refractivity contribution is 6.51. The summed E-state index contributed by atoms with van der Waals surface area (Å²) in [5.41, 5.74) is 0.532. The molecule has 0 saturated heterocycles. The molecule has 0 spiro atoms. The van der Waals surface area contributed by atoms with Crippen molar-refractivity contribution in [1.82, 2.24) is 9.55 Å². The molecule has 3 heterocycles. The van der Waals surface area contributed by atoms with Gasteiger partial charge in [0.25, 0.3) is 5.56 Å². The second-order valence-electron chi connectivity index (χ2n) is 7.01. The van der Waals surface area contributed by atoms with Gasteiger partial charge in [-0.25, -0.2) is 4.98 Å². The lowest BCUT2D eigenvalue weighted by Gasteiger charge is -2.33. The molecule has 8 nitrogen and oxygen atoms in total. The molecule has 1 amide bonds. The number of benzene rings is 2. The highest BCUT2D eigenvalue weighted by atomic mass is 35.5. The van der Waals surface area contributed by atoms with Crippen molar-refractivity contribution < 1.29 is 19.1 Å². The summed E-state index contributed by atoms with van der Waals surface area (Å²) in [4.78, 5) is 43.1. The number of aromatic nitrogens is 2. The maximum Gasteiger partial charge on any atom is 0.268 e. The van der Waals surface area contributed by atoms with E-state index in [4.69, 9.17) is 32.7 Å². The van der Waals surface area contributed by atoms with E-state index in [0.29, 0.717) is 40.5 Å². The Morgan fingerprint density at radius 1 is 1.03 bits per heavy atom. The van der Waals surface area contributed by atoms with Gasteiger partial charge < -0.3 is 9.47 Å². The highest BCUT2D eigenvalue weighted by Crippen LogP contribution is 2.45. The number of hydrogen-bond acceptors (Lipinski definition) is 6. The molecule has 0 radical (unpaired) electrons. The Kier molecular flexibility index (Phi) is 4.96. The summed E-state index contributed by atoms with van der Waals surface area (Å²) in [5.74, 6) is 1.08. The zero-order valence-corrected chi connectivity index (χ0v) is 17.7. The number of nitrogens with zero attached hydrogens (tertiary/aromatic N) is 3. The van der Waals surface area contributed by atoms with Crippen molar-refractivity contribution in [2.24, 2.45) is 0 Å². The second kappa shape index (κ2) is 7.81. The van der Waals surface area contributed by atoms with Crippen molar-refractivity contribution in [2.75, 3.05) is 11.7 Å². The van der Waals surface area contributed by atoms with Crippen molar-refractivity contribution in [3.63, 3.8) is 0 Å². The third-order valence-corrected chi connectivity index (χ3v) is 5.96. The number of anilines is 1. The average molecular weight is 470 g/mol. The summed E-state index contributed by atoms with van der Waals surface area (Å²) in [7, 11) is 0. The van der Waals surface area contributed by atoms with E-state index in [1.807, 2.05) is 0 Å². The number of carbonyl (C=O) groups excluding carboxylic acids is 2. The smallest absolute Gasteiger partial charge is 0.268 e. The van der Waals surface area contributed by atoms with Crippen LogP contribution in [0.2, 0.25) is 5.02 Å². The molecule has 2 aliphatic heterocycles. The topological polar surface area (TPSA) is 90.7 Å². The fraction of sp³-hybridized carbons (Fsp3) is 0.0909. The number of carbonyl (C=O) groups is 2. The van der Waals surface area contributed by atoms with E-state index >= 15 is 0 Å². The van der Waals surface area contributed by atoms with Crippen LogP contribution in [0.15, 0.2) is 59.2 Å². The number of halogens is 2. The molecule has 0 aliphatic carbocycles. The van der Waals surface area contributed by atoms with Crippen molar-refractivity contribution >= 4 is 46.7 Å².